The van der Waals surface area contributed by atoms with Crippen LogP contribution in [0.2, 0.25) is 0 Å². The van der Waals surface area contributed by atoms with Gasteiger partial charge in [-0.25, -0.2) is 0 Å². The zero-order valence-corrected chi connectivity index (χ0v) is 12.2. The predicted molar refractivity (Wildman–Crippen MR) is 73.0 cm³/mol. The van der Waals surface area contributed by atoms with E-state index in [0.717, 1.165) is 11.8 Å². The molecule has 20 heavy (non-hydrogen) atoms. The second kappa shape index (κ2) is 7.28. The molecule has 7 nitrogen and oxygen atoms in total. The summed E-state index contributed by atoms with van der Waals surface area (Å²) in [5.41, 5.74) is 0. The molecule has 0 unspecified atom stereocenters. The number of likely N-dealkylation sites (tertiary alicyclic amines) is 1. The van der Waals surface area contributed by atoms with Gasteiger partial charge in [-0.15, -0.1) is 11.8 Å². The van der Waals surface area contributed by atoms with Crippen LogP contribution >= 0.6 is 11.8 Å². The Kier molecular flexibility index (Phi) is 6.00. The van der Waals surface area contributed by atoms with Gasteiger partial charge in [0.15, 0.2) is 0 Å². The minimum Gasteiger partial charge on any atom is -0.481 e. The summed E-state index contributed by atoms with van der Waals surface area (Å²) in [7, 11) is 0. The molecule has 0 aromatic carbocycles. The van der Waals surface area contributed by atoms with Crippen LogP contribution in [-0.4, -0.2) is 58.3 Å². The van der Waals surface area contributed by atoms with Gasteiger partial charge >= 0.3 is 5.97 Å². The van der Waals surface area contributed by atoms with Gasteiger partial charge in [0, 0.05) is 24.9 Å². The van der Waals surface area contributed by atoms with Crippen LogP contribution in [0.3, 0.4) is 0 Å². The normalized spacial score (nSPS) is 22.2. The number of carbonyl (C=O) groups is 4. The summed E-state index contributed by atoms with van der Waals surface area (Å²) in [5, 5.41) is 11.0. The van der Waals surface area contributed by atoms with Gasteiger partial charge in [-0.2, -0.15) is 0 Å². The lowest BCUT2D eigenvalue weighted by Crippen LogP contribution is -2.39. The number of rotatable bonds is 7. The van der Waals surface area contributed by atoms with Crippen LogP contribution in [0.15, 0.2) is 0 Å². The van der Waals surface area contributed by atoms with Crippen molar-refractivity contribution < 1.29 is 24.3 Å². The second-order valence-electron chi connectivity index (χ2n) is 4.64. The van der Waals surface area contributed by atoms with E-state index < -0.39 is 5.97 Å². The van der Waals surface area contributed by atoms with Crippen LogP contribution in [0.4, 0.5) is 0 Å². The predicted octanol–water partition coefficient (Wildman–Crippen LogP) is -0.439. The maximum Gasteiger partial charge on any atom is 0.313 e. The third-order valence-corrected chi connectivity index (χ3v) is 4.09. The summed E-state index contributed by atoms with van der Waals surface area (Å²) in [6, 6.07) is 0. The quantitative estimate of drug-likeness (QED) is 0.618. The molecule has 0 bridgehead atoms. The molecule has 1 aliphatic heterocycles. The largest absolute Gasteiger partial charge is 0.481 e. The summed E-state index contributed by atoms with van der Waals surface area (Å²) >= 11 is 0.995. The Morgan fingerprint density at radius 2 is 1.75 bits per heavy atom. The summed E-state index contributed by atoms with van der Waals surface area (Å²) in [6.45, 7) is 3.77. The molecule has 0 aliphatic carbocycles. The van der Waals surface area contributed by atoms with Gasteiger partial charge in [0.2, 0.25) is 17.7 Å². The number of carboxylic acid groups (broad SMARTS) is 1. The first-order valence-corrected chi connectivity index (χ1v) is 7.41. The number of aliphatic carboxylic acids is 1. The van der Waals surface area contributed by atoms with E-state index in [1.807, 2.05) is 0 Å². The average Bonchev–Trinajstić information content (AvgIpc) is 2.56. The smallest absolute Gasteiger partial charge is 0.313 e. The first kappa shape index (κ1) is 16.5. The highest BCUT2D eigenvalue weighted by Crippen LogP contribution is 2.24. The SMILES string of the molecule is C[C@H]1C(=O)N(CCNC(=O)CSCC(=O)O)C(=O)[C@@H]1C. The van der Waals surface area contributed by atoms with Crippen LogP contribution in [0.25, 0.3) is 0 Å². The number of thioether (sulfide) groups is 1. The molecule has 1 fully saturated rings. The number of imide groups is 1. The van der Waals surface area contributed by atoms with Crippen molar-refractivity contribution in [2.45, 2.75) is 13.8 Å². The Morgan fingerprint density at radius 3 is 2.25 bits per heavy atom. The van der Waals surface area contributed by atoms with Crippen LogP contribution in [0.5, 0.6) is 0 Å². The Bertz CT molecular complexity index is 406. The van der Waals surface area contributed by atoms with E-state index in [1.165, 1.54) is 4.90 Å². The molecule has 0 aromatic heterocycles. The van der Waals surface area contributed by atoms with Crippen LogP contribution in [-0.2, 0) is 19.2 Å². The molecule has 1 saturated heterocycles. The Morgan fingerprint density at radius 1 is 1.20 bits per heavy atom. The monoisotopic (exact) mass is 302 g/mol. The fourth-order valence-electron chi connectivity index (χ4n) is 1.84. The van der Waals surface area contributed by atoms with E-state index >= 15 is 0 Å². The van der Waals surface area contributed by atoms with Gasteiger partial charge in [0.05, 0.1) is 11.5 Å². The average molecular weight is 302 g/mol. The number of carboxylic acids is 1. The molecule has 0 aromatic rings. The number of hydrogen-bond donors (Lipinski definition) is 2. The molecule has 1 heterocycles. The highest BCUT2D eigenvalue weighted by atomic mass is 32.2. The van der Waals surface area contributed by atoms with Crippen molar-refractivity contribution in [3.05, 3.63) is 0 Å². The zero-order chi connectivity index (χ0) is 15.3. The molecular formula is C12H18N2O5S. The van der Waals surface area contributed by atoms with Gasteiger partial charge in [-0.05, 0) is 0 Å². The standard InChI is InChI=1S/C12H18N2O5S/c1-7-8(2)12(19)14(11(7)18)4-3-13-9(15)5-20-6-10(16)17/h7-8H,3-6H2,1-2H3,(H,13,15)(H,16,17)/t7-,8-/m1/s1. The number of carbonyl (C=O) groups excluding carboxylic acids is 3. The molecule has 8 heteroatoms. The van der Waals surface area contributed by atoms with Crippen molar-refractivity contribution in [2.75, 3.05) is 24.6 Å². The summed E-state index contributed by atoms with van der Waals surface area (Å²) in [4.78, 5) is 46.4. The highest BCUT2D eigenvalue weighted by Gasteiger charge is 2.41. The van der Waals surface area contributed by atoms with Crippen LogP contribution < -0.4 is 5.32 Å². The molecule has 1 rings (SSSR count). The van der Waals surface area contributed by atoms with Crippen molar-refractivity contribution in [2.24, 2.45) is 11.8 Å². The van der Waals surface area contributed by atoms with E-state index in [9.17, 15) is 19.2 Å². The van der Waals surface area contributed by atoms with Gasteiger partial charge < -0.3 is 10.4 Å². The van der Waals surface area contributed by atoms with Crippen molar-refractivity contribution in [3.8, 4) is 0 Å². The fraction of sp³-hybridized carbons (Fsp3) is 0.667. The highest BCUT2D eigenvalue weighted by molar-refractivity contribution is 8.00. The molecule has 0 spiro atoms. The summed E-state index contributed by atoms with van der Waals surface area (Å²) in [5.74, 6) is -2.43. The first-order chi connectivity index (χ1) is 9.34. The van der Waals surface area contributed by atoms with E-state index in [2.05, 4.69) is 5.32 Å². The second-order valence-corrected chi connectivity index (χ2v) is 5.63. The molecule has 3 amide bonds. The third-order valence-electron chi connectivity index (χ3n) is 3.18. The topological polar surface area (TPSA) is 104 Å². The van der Waals surface area contributed by atoms with Gasteiger partial charge in [0.1, 0.15) is 0 Å². The van der Waals surface area contributed by atoms with Crippen molar-refractivity contribution in [3.63, 3.8) is 0 Å². The molecule has 1 aliphatic rings. The van der Waals surface area contributed by atoms with E-state index in [0.29, 0.717) is 0 Å². The van der Waals surface area contributed by atoms with Crippen molar-refractivity contribution in [1.82, 2.24) is 10.2 Å². The van der Waals surface area contributed by atoms with Crippen LogP contribution in [0, 0.1) is 11.8 Å². The van der Waals surface area contributed by atoms with Gasteiger partial charge in [-0.3, -0.25) is 24.1 Å². The van der Waals surface area contributed by atoms with Gasteiger partial charge in [0.25, 0.3) is 0 Å². The number of nitrogens with one attached hydrogen (secondary N) is 1. The molecule has 0 radical (unpaired) electrons. The molecular weight excluding hydrogens is 284 g/mol. The Balaban J connectivity index is 2.27. The van der Waals surface area contributed by atoms with Gasteiger partial charge in [-0.1, -0.05) is 13.8 Å². The van der Waals surface area contributed by atoms with Crippen molar-refractivity contribution in [1.29, 1.82) is 0 Å². The molecule has 2 N–H and O–H groups in total. The lowest BCUT2D eigenvalue weighted by molar-refractivity contribution is -0.140. The van der Waals surface area contributed by atoms with E-state index in [1.54, 1.807) is 13.8 Å². The number of amides is 3. The lowest BCUT2D eigenvalue weighted by atomic mass is 10.00. The first-order valence-electron chi connectivity index (χ1n) is 6.26. The summed E-state index contributed by atoms with van der Waals surface area (Å²) < 4.78 is 0. The molecule has 2 atom stereocenters. The third kappa shape index (κ3) is 4.22. The fourth-order valence-corrected chi connectivity index (χ4v) is 2.40. The maximum atomic E-state index is 11.8. The minimum absolute atomic E-state index is 0.0427. The van der Waals surface area contributed by atoms with E-state index in [-0.39, 0.29) is 54.2 Å². The lowest BCUT2D eigenvalue weighted by Gasteiger charge is -2.14. The number of hydrogen-bond acceptors (Lipinski definition) is 5. The van der Waals surface area contributed by atoms with Crippen LogP contribution in [0.1, 0.15) is 13.8 Å². The molecule has 112 valence electrons. The summed E-state index contributed by atoms with van der Waals surface area (Å²) in [6.07, 6.45) is 0. The minimum atomic E-state index is -0.973. The Hall–Kier alpha value is -1.57. The number of nitrogens with zero attached hydrogens (tertiary/aromatic N) is 1. The van der Waals surface area contributed by atoms with Crippen molar-refractivity contribution >= 4 is 35.5 Å². The Labute approximate surface area is 121 Å². The van der Waals surface area contributed by atoms with E-state index in [4.69, 9.17) is 5.11 Å². The molecule has 0 saturated carbocycles. The maximum absolute atomic E-state index is 11.8. The zero-order valence-electron chi connectivity index (χ0n) is 11.4.